The molecule has 0 aliphatic carbocycles. The van der Waals surface area contributed by atoms with E-state index < -0.39 is 10.0 Å². The van der Waals surface area contributed by atoms with Crippen molar-refractivity contribution >= 4 is 41.9 Å². The van der Waals surface area contributed by atoms with Crippen LogP contribution in [0.5, 0.6) is 0 Å². The minimum absolute atomic E-state index is 0.186. The number of benzene rings is 1. The molecular formula is C12H17Br2N3O2S. The van der Waals surface area contributed by atoms with Gasteiger partial charge in [0.05, 0.1) is 10.9 Å². The molecule has 1 saturated heterocycles. The molecule has 0 radical (unpaired) electrons. The molecule has 0 saturated carbocycles. The minimum atomic E-state index is -3.54. The van der Waals surface area contributed by atoms with Crippen molar-refractivity contribution in [2.24, 2.45) is 5.73 Å². The number of nitrogens with zero attached hydrogens (tertiary/aromatic N) is 2. The van der Waals surface area contributed by atoms with Crippen LogP contribution in [-0.4, -0.2) is 56.9 Å². The lowest BCUT2D eigenvalue weighted by molar-refractivity contribution is 0.164. The summed E-state index contributed by atoms with van der Waals surface area (Å²) in [6.07, 6.45) is 0. The number of hydrogen-bond donors (Lipinski definition) is 1. The smallest absolute Gasteiger partial charge is 0.244 e. The molecule has 0 aromatic heterocycles. The monoisotopic (exact) mass is 425 g/mol. The van der Waals surface area contributed by atoms with Crippen LogP contribution in [0.3, 0.4) is 0 Å². The highest BCUT2D eigenvalue weighted by Crippen LogP contribution is 2.29. The van der Waals surface area contributed by atoms with Gasteiger partial charge in [0.2, 0.25) is 10.0 Å². The molecule has 1 heterocycles. The fourth-order valence-corrected chi connectivity index (χ4v) is 5.64. The predicted octanol–water partition coefficient (Wildman–Crippen LogP) is 1.47. The molecule has 2 N–H and O–H groups in total. The first-order valence-electron chi connectivity index (χ1n) is 6.21. The zero-order chi connectivity index (χ0) is 14.9. The van der Waals surface area contributed by atoms with Crippen molar-refractivity contribution in [2.75, 3.05) is 33.2 Å². The molecular weight excluding hydrogens is 410 g/mol. The molecule has 1 aliphatic rings. The maximum absolute atomic E-state index is 12.8. The van der Waals surface area contributed by atoms with E-state index in [1.54, 1.807) is 18.2 Å². The Morgan fingerprint density at radius 1 is 1.35 bits per heavy atom. The van der Waals surface area contributed by atoms with Crippen molar-refractivity contribution in [3.63, 3.8) is 0 Å². The molecule has 1 aromatic rings. The van der Waals surface area contributed by atoms with Crippen LogP contribution >= 0.6 is 31.9 Å². The zero-order valence-electron chi connectivity index (χ0n) is 11.1. The minimum Gasteiger partial charge on any atom is -0.329 e. The average molecular weight is 427 g/mol. The van der Waals surface area contributed by atoms with Crippen LogP contribution < -0.4 is 5.73 Å². The number of nitrogens with two attached hydrogens (primary N) is 1. The highest BCUT2D eigenvalue weighted by Gasteiger charge is 2.35. The van der Waals surface area contributed by atoms with Crippen LogP contribution in [-0.2, 0) is 10.0 Å². The van der Waals surface area contributed by atoms with Gasteiger partial charge in [-0.25, -0.2) is 8.42 Å². The standard InChI is InChI=1S/C12H17Br2N3O2S/c1-16-4-5-17(10(7-15)8-16)20(18,19)12-3-2-9(13)6-11(12)14/h2-3,6,10H,4-5,7-8,15H2,1H3. The third-order valence-electron chi connectivity index (χ3n) is 3.38. The summed E-state index contributed by atoms with van der Waals surface area (Å²) in [5, 5.41) is 0. The van der Waals surface area contributed by atoms with Gasteiger partial charge in [-0.05, 0) is 41.2 Å². The lowest BCUT2D eigenvalue weighted by Gasteiger charge is -2.38. The first-order valence-corrected chi connectivity index (χ1v) is 9.24. The molecule has 112 valence electrons. The number of piperazine rings is 1. The quantitative estimate of drug-likeness (QED) is 0.794. The molecule has 1 unspecified atom stereocenters. The van der Waals surface area contributed by atoms with Gasteiger partial charge in [0, 0.05) is 35.1 Å². The molecule has 2 rings (SSSR count). The van der Waals surface area contributed by atoms with Crippen LogP contribution in [0, 0.1) is 0 Å². The Balaban J connectivity index is 2.38. The molecule has 0 bridgehead atoms. The van der Waals surface area contributed by atoms with Crippen LogP contribution in [0.15, 0.2) is 32.0 Å². The highest BCUT2D eigenvalue weighted by atomic mass is 79.9. The van der Waals surface area contributed by atoms with Gasteiger partial charge in [-0.3, -0.25) is 0 Å². The van der Waals surface area contributed by atoms with Crippen molar-refractivity contribution in [1.82, 2.24) is 9.21 Å². The van der Waals surface area contributed by atoms with E-state index in [1.807, 2.05) is 7.05 Å². The van der Waals surface area contributed by atoms with Crippen molar-refractivity contribution in [2.45, 2.75) is 10.9 Å². The van der Waals surface area contributed by atoms with Crippen LogP contribution in [0.4, 0.5) is 0 Å². The van der Waals surface area contributed by atoms with Crippen molar-refractivity contribution < 1.29 is 8.42 Å². The first kappa shape index (κ1) is 16.4. The number of rotatable bonds is 3. The molecule has 5 nitrogen and oxygen atoms in total. The normalized spacial score (nSPS) is 22.1. The largest absolute Gasteiger partial charge is 0.329 e. The molecule has 1 atom stereocenters. The van der Waals surface area contributed by atoms with Gasteiger partial charge in [0.25, 0.3) is 0 Å². The van der Waals surface area contributed by atoms with Crippen LogP contribution in [0.2, 0.25) is 0 Å². The molecule has 1 aliphatic heterocycles. The van der Waals surface area contributed by atoms with Gasteiger partial charge in [-0.2, -0.15) is 4.31 Å². The van der Waals surface area contributed by atoms with E-state index in [-0.39, 0.29) is 10.9 Å². The van der Waals surface area contributed by atoms with Crippen molar-refractivity contribution in [3.05, 3.63) is 27.1 Å². The lowest BCUT2D eigenvalue weighted by atomic mass is 10.2. The summed E-state index contributed by atoms with van der Waals surface area (Å²) < 4.78 is 28.5. The summed E-state index contributed by atoms with van der Waals surface area (Å²) in [6, 6.07) is 4.88. The summed E-state index contributed by atoms with van der Waals surface area (Å²) >= 11 is 6.65. The Morgan fingerprint density at radius 2 is 2.05 bits per heavy atom. The Labute approximate surface area is 136 Å². The van der Waals surface area contributed by atoms with Crippen LogP contribution in [0.1, 0.15) is 0 Å². The van der Waals surface area contributed by atoms with E-state index in [0.717, 1.165) is 4.47 Å². The Kier molecular flexibility index (Phi) is 5.25. The predicted molar refractivity (Wildman–Crippen MR) is 86.1 cm³/mol. The molecule has 20 heavy (non-hydrogen) atoms. The zero-order valence-corrected chi connectivity index (χ0v) is 15.1. The van der Waals surface area contributed by atoms with Gasteiger partial charge in [-0.1, -0.05) is 15.9 Å². The number of hydrogen-bond acceptors (Lipinski definition) is 4. The number of sulfonamides is 1. The number of halogens is 2. The van der Waals surface area contributed by atoms with E-state index in [0.29, 0.717) is 30.7 Å². The van der Waals surface area contributed by atoms with Crippen LogP contribution in [0.25, 0.3) is 0 Å². The average Bonchev–Trinajstić information content (AvgIpc) is 2.37. The van der Waals surface area contributed by atoms with Gasteiger partial charge in [0.1, 0.15) is 0 Å². The summed E-state index contributed by atoms with van der Waals surface area (Å²) in [5.74, 6) is 0. The van der Waals surface area contributed by atoms with E-state index >= 15 is 0 Å². The Morgan fingerprint density at radius 3 is 2.65 bits per heavy atom. The second-order valence-corrected chi connectivity index (χ2v) is 8.47. The molecule has 8 heteroatoms. The van der Waals surface area contributed by atoms with Crippen molar-refractivity contribution in [3.8, 4) is 0 Å². The van der Waals surface area contributed by atoms with Crippen molar-refractivity contribution in [1.29, 1.82) is 0 Å². The fraction of sp³-hybridized carbons (Fsp3) is 0.500. The second kappa shape index (κ2) is 6.41. The van der Waals surface area contributed by atoms with Gasteiger partial charge < -0.3 is 10.6 Å². The van der Waals surface area contributed by atoms with E-state index in [4.69, 9.17) is 5.73 Å². The van der Waals surface area contributed by atoms with Gasteiger partial charge in [0.15, 0.2) is 0 Å². The van der Waals surface area contributed by atoms with E-state index in [2.05, 4.69) is 36.8 Å². The van der Waals surface area contributed by atoms with Gasteiger partial charge in [-0.15, -0.1) is 0 Å². The fourth-order valence-electron chi connectivity index (χ4n) is 2.31. The lowest BCUT2D eigenvalue weighted by Crippen LogP contribution is -2.56. The second-order valence-electron chi connectivity index (χ2n) is 4.84. The number of likely N-dealkylation sites (N-methyl/N-ethyl adjacent to an activating group) is 1. The molecule has 0 spiro atoms. The van der Waals surface area contributed by atoms with E-state index in [9.17, 15) is 8.42 Å². The third kappa shape index (κ3) is 3.26. The topological polar surface area (TPSA) is 66.6 Å². The maximum Gasteiger partial charge on any atom is 0.244 e. The summed E-state index contributed by atoms with van der Waals surface area (Å²) in [5.41, 5.74) is 5.74. The third-order valence-corrected chi connectivity index (χ3v) is 6.81. The van der Waals surface area contributed by atoms with Gasteiger partial charge >= 0.3 is 0 Å². The Bertz CT molecular complexity index is 594. The SMILES string of the molecule is CN1CCN(S(=O)(=O)c2ccc(Br)cc2Br)C(CN)C1. The molecule has 1 aromatic carbocycles. The highest BCUT2D eigenvalue weighted by molar-refractivity contribution is 9.11. The summed E-state index contributed by atoms with van der Waals surface area (Å²) in [7, 11) is -1.56. The van der Waals surface area contributed by atoms with E-state index in [1.165, 1.54) is 4.31 Å². The molecule has 1 fully saturated rings. The maximum atomic E-state index is 12.8. The first-order chi connectivity index (χ1) is 9.36. The summed E-state index contributed by atoms with van der Waals surface area (Å²) in [4.78, 5) is 2.38. The molecule has 0 amide bonds. The Hall–Kier alpha value is 0.01000. The summed E-state index contributed by atoms with van der Waals surface area (Å²) in [6.45, 7) is 2.15.